The highest BCUT2D eigenvalue weighted by atomic mass is 16.1. The smallest absolute Gasteiger partial charge is 0.250 e. The van der Waals surface area contributed by atoms with Crippen molar-refractivity contribution in [3.05, 3.63) is 58.8 Å². The lowest BCUT2D eigenvalue weighted by molar-refractivity contribution is 0.112. The van der Waals surface area contributed by atoms with Crippen LogP contribution in [0.4, 0.5) is 0 Å². The van der Waals surface area contributed by atoms with Crippen LogP contribution in [0.3, 0.4) is 0 Å². The summed E-state index contributed by atoms with van der Waals surface area (Å²) >= 11 is 0. The Morgan fingerprint density at radius 1 is 1.12 bits per heavy atom. The Bertz CT molecular complexity index is 540. The lowest BCUT2D eigenvalue weighted by atomic mass is 10.4. The van der Waals surface area contributed by atoms with Crippen LogP contribution in [-0.2, 0) is 13.1 Å². The van der Waals surface area contributed by atoms with Crippen LogP contribution in [0, 0.1) is 0 Å². The molecule has 0 fully saturated rings. The summed E-state index contributed by atoms with van der Waals surface area (Å²) in [4.78, 5) is 21.9. The van der Waals surface area contributed by atoms with Crippen LogP contribution >= 0.6 is 0 Å². The van der Waals surface area contributed by atoms with Gasteiger partial charge in [-0.25, -0.2) is 0 Å². The molecular formula is C12H12N2O2. The Labute approximate surface area is 92.8 Å². The molecule has 2 aromatic rings. The molecule has 2 aromatic heterocycles. The van der Waals surface area contributed by atoms with Gasteiger partial charge in [0.25, 0.3) is 5.56 Å². The van der Waals surface area contributed by atoms with Crippen molar-refractivity contribution in [1.29, 1.82) is 0 Å². The number of carbonyl (C=O) groups excluding carboxylic acids is 1. The third kappa shape index (κ3) is 2.28. The maximum atomic E-state index is 11.4. The molecule has 0 atom stereocenters. The van der Waals surface area contributed by atoms with Crippen molar-refractivity contribution >= 4 is 6.29 Å². The molecule has 0 saturated heterocycles. The Morgan fingerprint density at radius 3 is 2.69 bits per heavy atom. The second kappa shape index (κ2) is 4.61. The van der Waals surface area contributed by atoms with Crippen molar-refractivity contribution in [1.82, 2.24) is 9.13 Å². The van der Waals surface area contributed by atoms with Crippen molar-refractivity contribution in [3.63, 3.8) is 0 Å². The average Bonchev–Trinajstić information content (AvgIpc) is 2.76. The van der Waals surface area contributed by atoms with Crippen molar-refractivity contribution < 1.29 is 4.79 Å². The molecule has 4 heteroatoms. The summed E-state index contributed by atoms with van der Waals surface area (Å²) in [6.07, 6.45) is 6.16. The number of aryl methyl sites for hydroxylation is 2. The minimum atomic E-state index is -0.00901. The molecule has 0 aliphatic carbocycles. The van der Waals surface area contributed by atoms with E-state index in [2.05, 4.69) is 0 Å². The summed E-state index contributed by atoms with van der Waals surface area (Å²) in [6, 6.07) is 6.83. The highest BCUT2D eigenvalue weighted by Crippen LogP contribution is 1.98. The van der Waals surface area contributed by atoms with Crippen molar-refractivity contribution in [2.75, 3.05) is 0 Å². The van der Waals surface area contributed by atoms with Crippen molar-refractivity contribution in [2.45, 2.75) is 13.1 Å². The summed E-state index contributed by atoms with van der Waals surface area (Å²) < 4.78 is 3.53. The monoisotopic (exact) mass is 216 g/mol. The van der Waals surface area contributed by atoms with Gasteiger partial charge in [0.15, 0.2) is 6.29 Å². The zero-order chi connectivity index (χ0) is 11.4. The molecule has 0 spiro atoms. The van der Waals surface area contributed by atoms with Crippen LogP contribution in [0.5, 0.6) is 0 Å². The molecule has 82 valence electrons. The molecule has 0 aliphatic rings. The van der Waals surface area contributed by atoms with Gasteiger partial charge in [0.05, 0.1) is 0 Å². The zero-order valence-corrected chi connectivity index (χ0v) is 8.74. The van der Waals surface area contributed by atoms with Crippen molar-refractivity contribution in [2.24, 2.45) is 0 Å². The van der Waals surface area contributed by atoms with E-state index in [1.54, 1.807) is 29.1 Å². The minimum absolute atomic E-state index is 0.00901. The number of rotatable bonds is 4. The van der Waals surface area contributed by atoms with Crippen LogP contribution in [0.2, 0.25) is 0 Å². The van der Waals surface area contributed by atoms with Gasteiger partial charge in [-0.1, -0.05) is 6.07 Å². The first kappa shape index (κ1) is 10.4. The first-order valence-electron chi connectivity index (χ1n) is 5.06. The quantitative estimate of drug-likeness (QED) is 0.720. The van der Waals surface area contributed by atoms with E-state index in [0.29, 0.717) is 18.7 Å². The molecule has 0 amide bonds. The molecule has 0 aliphatic heterocycles. The largest absolute Gasteiger partial charge is 0.352 e. The molecule has 16 heavy (non-hydrogen) atoms. The van der Waals surface area contributed by atoms with Crippen LogP contribution in [0.25, 0.3) is 0 Å². The average molecular weight is 216 g/mol. The molecule has 2 rings (SSSR count). The SMILES string of the molecule is O=Cc1ccn(CCn2ccccc2=O)c1. The van der Waals surface area contributed by atoms with Crippen LogP contribution in [0.15, 0.2) is 47.7 Å². The number of aldehydes is 1. The second-order valence-electron chi connectivity index (χ2n) is 3.53. The van der Waals surface area contributed by atoms with E-state index in [1.165, 1.54) is 6.07 Å². The van der Waals surface area contributed by atoms with Gasteiger partial charge >= 0.3 is 0 Å². The number of aromatic nitrogens is 2. The summed E-state index contributed by atoms with van der Waals surface area (Å²) in [7, 11) is 0. The van der Waals surface area contributed by atoms with Crippen LogP contribution in [-0.4, -0.2) is 15.4 Å². The Kier molecular flexibility index (Phi) is 3.00. The fourth-order valence-corrected chi connectivity index (χ4v) is 1.54. The number of nitrogens with zero attached hydrogens (tertiary/aromatic N) is 2. The third-order valence-electron chi connectivity index (χ3n) is 2.41. The highest BCUT2D eigenvalue weighted by Gasteiger charge is 1.97. The number of hydrogen-bond acceptors (Lipinski definition) is 2. The van der Waals surface area contributed by atoms with E-state index in [1.807, 2.05) is 16.8 Å². The van der Waals surface area contributed by atoms with E-state index in [-0.39, 0.29) is 5.56 Å². The standard InChI is InChI=1S/C12H12N2O2/c15-10-11-4-6-13(9-11)7-8-14-5-2-1-3-12(14)16/h1-6,9-10H,7-8H2. The van der Waals surface area contributed by atoms with Gasteiger partial charge in [-0.3, -0.25) is 9.59 Å². The van der Waals surface area contributed by atoms with Crippen molar-refractivity contribution in [3.8, 4) is 0 Å². The van der Waals surface area contributed by atoms with E-state index in [0.717, 1.165) is 6.29 Å². The lowest BCUT2D eigenvalue weighted by Crippen LogP contribution is -2.20. The zero-order valence-electron chi connectivity index (χ0n) is 8.74. The molecule has 0 N–H and O–H groups in total. The van der Waals surface area contributed by atoms with Gasteiger partial charge in [-0.15, -0.1) is 0 Å². The molecule has 4 nitrogen and oxygen atoms in total. The minimum Gasteiger partial charge on any atom is -0.352 e. The van der Waals surface area contributed by atoms with Gasteiger partial charge in [0.2, 0.25) is 0 Å². The third-order valence-corrected chi connectivity index (χ3v) is 2.41. The summed E-state index contributed by atoms with van der Waals surface area (Å²) in [5, 5.41) is 0. The summed E-state index contributed by atoms with van der Waals surface area (Å²) in [6.45, 7) is 1.28. The highest BCUT2D eigenvalue weighted by molar-refractivity contribution is 5.74. The molecule has 0 saturated carbocycles. The van der Waals surface area contributed by atoms with Crippen LogP contribution in [0.1, 0.15) is 10.4 Å². The van der Waals surface area contributed by atoms with E-state index in [9.17, 15) is 9.59 Å². The summed E-state index contributed by atoms with van der Waals surface area (Å²) in [5.41, 5.74) is 0.644. The Hall–Kier alpha value is -2.10. The van der Waals surface area contributed by atoms with Gasteiger partial charge in [0.1, 0.15) is 0 Å². The fourth-order valence-electron chi connectivity index (χ4n) is 1.54. The molecule has 0 bridgehead atoms. The molecular weight excluding hydrogens is 204 g/mol. The molecule has 0 aromatic carbocycles. The normalized spacial score (nSPS) is 10.2. The summed E-state index contributed by atoms with van der Waals surface area (Å²) in [5.74, 6) is 0. The lowest BCUT2D eigenvalue weighted by Gasteiger charge is -2.05. The number of hydrogen-bond donors (Lipinski definition) is 0. The predicted octanol–water partition coefficient (Wildman–Crippen LogP) is 1.16. The Balaban J connectivity index is 2.05. The molecule has 0 radical (unpaired) electrons. The number of carbonyl (C=O) groups is 1. The molecule has 0 unspecified atom stereocenters. The van der Waals surface area contributed by atoms with Gasteiger partial charge < -0.3 is 9.13 Å². The Morgan fingerprint density at radius 2 is 2.00 bits per heavy atom. The van der Waals surface area contributed by atoms with E-state index in [4.69, 9.17) is 0 Å². The van der Waals surface area contributed by atoms with Gasteiger partial charge in [0, 0.05) is 43.3 Å². The number of pyridine rings is 1. The topological polar surface area (TPSA) is 44.0 Å². The van der Waals surface area contributed by atoms with Gasteiger partial charge in [-0.2, -0.15) is 0 Å². The van der Waals surface area contributed by atoms with E-state index >= 15 is 0 Å². The predicted molar refractivity (Wildman–Crippen MR) is 60.5 cm³/mol. The van der Waals surface area contributed by atoms with Gasteiger partial charge in [-0.05, 0) is 12.1 Å². The fraction of sp³-hybridized carbons (Fsp3) is 0.167. The second-order valence-corrected chi connectivity index (χ2v) is 3.53. The maximum Gasteiger partial charge on any atom is 0.250 e. The molecule has 2 heterocycles. The van der Waals surface area contributed by atoms with E-state index < -0.39 is 0 Å². The first-order valence-corrected chi connectivity index (χ1v) is 5.06. The first-order chi connectivity index (χ1) is 7.79. The maximum absolute atomic E-state index is 11.4. The van der Waals surface area contributed by atoms with Crippen LogP contribution < -0.4 is 5.56 Å².